The molecule has 2 aromatic heterocycles. The maximum atomic E-state index is 13.3. The van der Waals surface area contributed by atoms with Gasteiger partial charge in [-0.2, -0.15) is 0 Å². The molecule has 4 atom stereocenters. The fraction of sp³-hybridized carbons (Fsp3) is 0.591. The van der Waals surface area contributed by atoms with Gasteiger partial charge in [-0.1, -0.05) is 12.8 Å². The van der Waals surface area contributed by atoms with Crippen LogP contribution >= 0.6 is 0 Å². The number of imidazole rings is 1. The molecule has 0 aromatic carbocycles. The Bertz CT molecular complexity index is 837. The lowest BCUT2D eigenvalue weighted by atomic mass is 9.81. The predicted octanol–water partition coefficient (Wildman–Crippen LogP) is 2.07. The van der Waals surface area contributed by atoms with Crippen LogP contribution in [0, 0.1) is 5.92 Å². The van der Waals surface area contributed by atoms with E-state index in [-0.39, 0.29) is 11.9 Å². The smallest absolute Gasteiger partial charge is 0.241 e. The van der Waals surface area contributed by atoms with Crippen LogP contribution in [0.1, 0.15) is 55.8 Å². The molecule has 2 aromatic rings. The number of fused-ring (bicyclic) bond motifs is 1. The summed E-state index contributed by atoms with van der Waals surface area (Å²) in [5, 5.41) is 0. The van der Waals surface area contributed by atoms with Crippen LogP contribution < -0.4 is 10.9 Å². The van der Waals surface area contributed by atoms with E-state index in [1.165, 1.54) is 24.8 Å². The van der Waals surface area contributed by atoms with Gasteiger partial charge >= 0.3 is 0 Å². The molecule has 4 unspecified atom stereocenters. The normalized spacial score (nSPS) is 29.6. The largest absolute Gasteiger partial charge is 0.341 e. The van der Waals surface area contributed by atoms with Gasteiger partial charge in [0.2, 0.25) is 5.91 Å². The molecule has 2 N–H and O–H groups in total. The second-order valence-corrected chi connectivity index (χ2v) is 8.71. The van der Waals surface area contributed by atoms with Crippen molar-refractivity contribution in [1.82, 2.24) is 30.3 Å². The first-order valence-electron chi connectivity index (χ1n) is 11.0. The number of pyridine rings is 1. The molecule has 7 nitrogen and oxygen atoms in total. The van der Waals surface area contributed by atoms with Crippen molar-refractivity contribution in [2.45, 2.75) is 63.1 Å². The molecule has 2 aliphatic heterocycles. The molecule has 29 heavy (non-hydrogen) atoms. The van der Waals surface area contributed by atoms with Gasteiger partial charge in [0.05, 0.1) is 0 Å². The lowest BCUT2D eigenvalue weighted by Crippen LogP contribution is -2.50. The van der Waals surface area contributed by atoms with Gasteiger partial charge in [-0.15, -0.1) is 0 Å². The minimum Gasteiger partial charge on any atom is -0.341 e. The third kappa shape index (κ3) is 3.81. The fourth-order valence-corrected chi connectivity index (χ4v) is 5.37. The Balaban J connectivity index is 1.28. The molecule has 0 radical (unpaired) electrons. The zero-order valence-electron chi connectivity index (χ0n) is 16.8. The summed E-state index contributed by atoms with van der Waals surface area (Å²) in [4.78, 5) is 24.2. The number of nitrogens with zero attached hydrogens (tertiary/aromatic N) is 4. The number of carbonyl (C=O) groups excluding carboxylic acids is 1. The molecule has 3 fully saturated rings. The van der Waals surface area contributed by atoms with Crippen LogP contribution in [0.5, 0.6) is 0 Å². The zero-order valence-corrected chi connectivity index (χ0v) is 16.8. The van der Waals surface area contributed by atoms with E-state index in [2.05, 4.69) is 30.3 Å². The van der Waals surface area contributed by atoms with E-state index in [0.29, 0.717) is 17.9 Å². The van der Waals surface area contributed by atoms with Crippen molar-refractivity contribution in [2.24, 2.45) is 5.92 Å². The summed E-state index contributed by atoms with van der Waals surface area (Å²) in [5.74, 6) is 2.09. The first kappa shape index (κ1) is 18.8. The molecule has 3 aliphatic rings. The first-order valence-corrected chi connectivity index (χ1v) is 11.0. The quantitative estimate of drug-likeness (QED) is 0.830. The topological polar surface area (TPSA) is 75.1 Å². The third-order valence-corrected chi connectivity index (χ3v) is 6.89. The van der Waals surface area contributed by atoms with Crippen LogP contribution in [-0.2, 0) is 11.3 Å². The van der Waals surface area contributed by atoms with Crippen molar-refractivity contribution in [3.63, 3.8) is 0 Å². The second-order valence-electron chi connectivity index (χ2n) is 8.71. The van der Waals surface area contributed by atoms with E-state index in [1.54, 1.807) is 0 Å². The van der Waals surface area contributed by atoms with Crippen molar-refractivity contribution in [2.75, 3.05) is 13.1 Å². The minimum absolute atomic E-state index is 0.0735. The highest BCUT2D eigenvalue weighted by atomic mass is 16.2. The molecule has 4 heterocycles. The summed E-state index contributed by atoms with van der Waals surface area (Å²) in [6.07, 6.45) is 14.5. The standard InChI is InChI=1S/C22H30N6O/c29-22(20-18-5-1-2-6-19(18)25-26-20)28-12-3-4-17(15-28)21-24-11-13-27(21)14-16-7-9-23-10-8-16/h7-11,13,17-20,25-26H,1-6,12,14-15H2. The molecule has 2 saturated heterocycles. The number of carbonyl (C=O) groups is 1. The molecule has 0 bridgehead atoms. The van der Waals surface area contributed by atoms with Crippen molar-refractivity contribution in [3.8, 4) is 0 Å². The average molecular weight is 395 g/mol. The van der Waals surface area contributed by atoms with Crippen LogP contribution in [0.3, 0.4) is 0 Å². The fourth-order valence-electron chi connectivity index (χ4n) is 5.37. The number of piperidine rings is 1. The number of aromatic nitrogens is 3. The minimum atomic E-state index is -0.0735. The Kier molecular flexibility index (Phi) is 5.33. The molecule has 1 saturated carbocycles. The van der Waals surface area contributed by atoms with Gasteiger partial charge in [0, 0.05) is 62.3 Å². The summed E-state index contributed by atoms with van der Waals surface area (Å²) < 4.78 is 2.22. The van der Waals surface area contributed by atoms with Gasteiger partial charge < -0.3 is 9.47 Å². The molecule has 1 amide bonds. The average Bonchev–Trinajstić information content (AvgIpc) is 3.41. The van der Waals surface area contributed by atoms with E-state index in [0.717, 1.165) is 44.7 Å². The SMILES string of the molecule is O=C(C1NNC2CCCCC21)N1CCCC(c2nccn2Cc2ccncc2)C1. The van der Waals surface area contributed by atoms with Crippen molar-refractivity contribution < 1.29 is 4.79 Å². The number of rotatable bonds is 4. The van der Waals surface area contributed by atoms with Crippen molar-refractivity contribution in [3.05, 3.63) is 48.3 Å². The van der Waals surface area contributed by atoms with Crippen LogP contribution in [-0.4, -0.2) is 50.5 Å². The first-order chi connectivity index (χ1) is 14.3. The number of amides is 1. The monoisotopic (exact) mass is 394 g/mol. The van der Waals surface area contributed by atoms with Gasteiger partial charge in [-0.05, 0) is 43.4 Å². The number of nitrogens with one attached hydrogen (secondary N) is 2. The predicted molar refractivity (Wildman–Crippen MR) is 110 cm³/mol. The number of likely N-dealkylation sites (tertiary alicyclic amines) is 1. The summed E-state index contributed by atoms with van der Waals surface area (Å²) >= 11 is 0. The summed E-state index contributed by atoms with van der Waals surface area (Å²) in [6, 6.07) is 4.47. The molecule has 7 heteroatoms. The van der Waals surface area contributed by atoms with E-state index in [9.17, 15) is 4.79 Å². The summed E-state index contributed by atoms with van der Waals surface area (Å²) in [5.41, 5.74) is 7.92. The molecular formula is C22H30N6O. The highest BCUT2D eigenvalue weighted by Crippen LogP contribution is 2.32. The number of hydrogen-bond donors (Lipinski definition) is 2. The van der Waals surface area contributed by atoms with Gasteiger partial charge in [0.25, 0.3) is 0 Å². The van der Waals surface area contributed by atoms with E-state index >= 15 is 0 Å². The Morgan fingerprint density at radius 2 is 1.93 bits per heavy atom. The summed E-state index contributed by atoms with van der Waals surface area (Å²) in [7, 11) is 0. The van der Waals surface area contributed by atoms with Gasteiger partial charge in [0.15, 0.2) is 0 Å². The maximum absolute atomic E-state index is 13.3. The molecule has 1 aliphatic carbocycles. The lowest BCUT2D eigenvalue weighted by Gasteiger charge is -2.36. The van der Waals surface area contributed by atoms with Gasteiger partial charge in [-0.3, -0.25) is 15.2 Å². The molecular weight excluding hydrogens is 364 g/mol. The Morgan fingerprint density at radius 1 is 1.07 bits per heavy atom. The summed E-state index contributed by atoms with van der Waals surface area (Å²) in [6.45, 7) is 2.41. The molecule has 5 rings (SSSR count). The van der Waals surface area contributed by atoms with Gasteiger partial charge in [0.1, 0.15) is 11.9 Å². The van der Waals surface area contributed by atoms with E-state index in [4.69, 9.17) is 0 Å². The van der Waals surface area contributed by atoms with Crippen LogP contribution in [0.4, 0.5) is 0 Å². The Hall–Kier alpha value is -2.25. The van der Waals surface area contributed by atoms with Crippen LogP contribution in [0.2, 0.25) is 0 Å². The second kappa shape index (κ2) is 8.24. The lowest BCUT2D eigenvalue weighted by molar-refractivity contribution is -0.135. The van der Waals surface area contributed by atoms with E-state index in [1.807, 2.05) is 36.9 Å². The third-order valence-electron chi connectivity index (χ3n) is 6.89. The van der Waals surface area contributed by atoms with Crippen LogP contribution in [0.25, 0.3) is 0 Å². The zero-order chi connectivity index (χ0) is 19.6. The highest BCUT2D eigenvalue weighted by Gasteiger charge is 2.43. The van der Waals surface area contributed by atoms with Crippen LogP contribution in [0.15, 0.2) is 36.9 Å². The van der Waals surface area contributed by atoms with E-state index < -0.39 is 0 Å². The Labute approximate surface area is 171 Å². The van der Waals surface area contributed by atoms with Crippen molar-refractivity contribution >= 4 is 5.91 Å². The molecule has 154 valence electrons. The maximum Gasteiger partial charge on any atom is 0.241 e. The van der Waals surface area contributed by atoms with Gasteiger partial charge in [-0.25, -0.2) is 10.4 Å². The Morgan fingerprint density at radius 3 is 2.83 bits per heavy atom. The number of hydrogen-bond acceptors (Lipinski definition) is 5. The molecule has 0 spiro atoms. The van der Waals surface area contributed by atoms with Crippen molar-refractivity contribution in [1.29, 1.82) is 0 Å². The number of hydrazine groups is 1. The highest BCUT2D eigenvalue weighted by molar-refractivity contribution is 5.83.